The molecule has 1 aromatic carbocycles. The lowest BCUT2D eigenvalue weighted by molar-refractivity contribution is -0.385. The van der Waals surface area contributed by atoms with E-state index in [0.717, 1.165) is 6.07 Å². The number of hydrogen-bond donors (Lipinski definition) is 2. The Morgan fingerprint density at radius 1 is 1.43 bits per heavy atom. The zero-order chi connectivity index (χ0) is 17.0. The maximum Gasteiger partial charge on any atom is 0.309 e. The summed E-state index contributed by atoms with van der Waals surface area (Å²) in [6, 6.07) is 3.69. The van der Waals surface area contributed by atoms with Crippen LogP contribution in [0.2, 0.25) is 0 Å². The summed E-state index contributed by atoms with van der Waals surface area (Å²) in [7, 11) is 0. The highest BCUT2D eigenvalue weighted by Gasteiger charge is 2.27. The molecule has 1 aromatic rings. The van der Waals surface area contributed by atoms with Crippen molar-refractivity contribution in [1.29, 1.82) is 0 Å². The van der Waals surface area contributed by atoms with Crippen LogP contribution in [0.4, 0.5) is 5.69 Å². The molecule has 1 aliphatic heterocycles. The van der Waals surface area contributed by atoms with Crippen LogP contribution in [0.25, 0.3) is 0 Å². The first-order chi connectivity index (χ1) is 10.9. The molecule has 122 valence electrons. The lowest BCUT2D eigenvalue weighted by Gasteiger charge is -2.20. The van der Waals surface area contributed by atoms with E-state index >= 15 is 0 Å². The van der Waals surface area contributed by atoms with Gasteiger partial charge in [0.1, 0.15) is 6.61 Å². The number of hydrogen-bond acceptors (Lipinski definition) is 6. The number of carbonyl (C=O) groups is 3. The van der Waals surface area contributed by atoms with Gasteiger partial charge in [0.15, 0.2) is 0 Å². The van der Waals surface area contributed by atoms with Crippen molar-refractivity contribution in [2.24, 2.45) is 11.7 Å². The lowest BCUT2D eigenvalue weighted by Crippen LogP contribution is -2.37. The fourth-order valence-electron chi connectivity index (χ4n) is 2.26. The van der Waals surface area contributed by atoms with Gasteiger partial charge in [-0.05, 0) is 18.6 Å². The molecule has 0 aliphatic carbocycles. The molecule has 3 N–H and O–H groups in total. The molecule has 23 heavy (non-hydrogen) atoms. The number of nitro benzene ring substituents is 1. The Hall–Kier alpha value is -2.97. The maximum atomic E-state index is 11.9. The number of nitro groups is 1. The van der Waals surface area contributed by atoms with Crippen molar-refractivity contribution >= 4 is 23.5 Å². The number of carbonyl (C=O) groups excluding carboxylic acids is 3. The smallest absolute Gasteiger partial charge is 0.309 e. The summed E-state index contributed by atoms with van der Waals surface area (Å²) in [6.45, 7) is 0.0817. The van der Waals surface area contributed by atoms with Crippen LogP contribution in [0.1, 0.15) is 28.8 Å². The van der Waals surface area contributed by atoms with E-state index in [-0.39, 0.29) is 35.7 Å². The van der Waals surface area contributed by atoms with Crippen LogP contribution in [0.15, 0.2) is 18.2 Å². The van der Waals surface area contributed by atoms with E-state index in [1.54, 1.807) is 0 Å². The van der Waals surface area contributed by atoms with Gasteiger partial charge in [-0.2, -0.15) is 0 Å². The monoisotopic (exact) mass is 321 g/mol. The van der Waals surface area contributed by atoms with Crippen LogP contribution in [0.3, 0.4) is 0 Å². The van der Waals surface area contributed by atoms with E-state index in [1.165, 1.54) is 12.1 Å². The Morgan fingerprint density at radius 3 is 2.78 bits per heavy atom. The van der Waals surface area contributed by atoms with Crippen molar-refractivity contribution < 1.29 is 24.0 Å². The molecule has 0 radical (unpaired) electrons. The van der Waals surface area contributed by atoms with Gasteiger partial charge in [0.05, 0.1) is 16.4 Å². The predicted octanol–water partition coefficient (Wildman–Crippen LogP) is 0.263. The van der Waals surface area contributed by atoms with Crippen LogP contribution < -0.4 is 11.1 Å². The quantitative estimate of drug-likeness (QED) is 0.452. The van der Waals surface area contributed by atoms with Gasteiger partial charge in [-0.15, -0.1) is 0 Å². The van der Waals surface area contributed by atoms with E-state index in [0.29, 0.717) is 13.0 Å². The Kier molecular flexibility index (Phi) is 4.89. The summed E-state index contributed by atoms with van der Waals surface area (Å²) in [4.78, 5) is 44.6. The van der Waals surface area contributed by atoms with Gasteiger partial charge in [-0.25, -0.2) is 0 Å². The molecule has 1 unspecified atom stereocenters. The molecular weight excluding hydrogens is 306 g/mol. The van der Waals surface area contributed by atoms with E-state index in [1.807, 2.05) is 0 Å². The minimum absolute atomic E-state index is 0.00396. The van der Waals surface area contributed by atoms with Crippen LogP contribution >= 0.6 is 0 Å². The highest BCUT2D eigenvalue weighted by atomic mass is 16.6. The molecule has 1 aliphatic rings. The van der Waals surface area contributed by atoms with E-state index in [4.69, 9.17) is 10.5 Å². The van der Waals surface area contributed by atoms with E-state index < -0.39 is 22.7 Å². The molecule has 1 atom stereocenters. The number of primary amides is 1. The fraction of sp³-hybridized carbons (Fsp3) is 0.357. The van der Waals surface area contributed by atoms with Crippen molar-refractivity contribution in [2.45, 2.75) is 19.4 Å². The van der Waals surface area contributed by atoms with Crippen LogP contribution in [-0.4, -0.2) is 29.3 Å². The Morgan fingerprint density at radius 2 is 2.17 bits per heavy atom. The molecule has 0 bridgehead atoms. The molecule has 0 spiro atoms. The molecular formula is C14H15N3O6. The highest BCUT2D eigenvalue weighted by Crippen LogP contribution is 2.22. The topological polar surface area (TPSA) is 142 Å². The maximum absolute atomic E-state index is 11.9. The first-order valence-electron chi connectivity index (χ1n) is 6.89. The minimum Gasteiger partial charge on any atom is -0.460 e. The second-order valence-corrected chi connectivity index (χ2v) is 5.11. The summed E-state index contributed by atoms with van der Waals surface area (Å²) < 4.78 is 5.07. The summed E-state index contributed by atoms with van der Waals surface area (Å²) in [5, 5.41) is 13.6. The minimum atomic E-state index is -0.787. The predicted molar refractivity (Wildman–Crippen MR) is 77.1 cm³/mol. The summed E-state index contributed by atoms with van der Waals surface area (Å²) in [5.74, 6) is -2.14. The molecule has 1 heterocycles. The first-order valence-corrected chi connectivity index (χ1v) is 6.89. The molecule has 0 aromatic heterocycles. The van der Waals surface area contributed by atoms with Crippen molar-refractivity contribution in [1.82, 2.24) is 5.32 Å². The highest BCUT2D eigenvalue weighted by molar-refractivity contribution is 5.93. The van der Waals surface area contributed by atoms with Crippen molar-refractivity contribution in [3.05, 3.63) is 39.4 Å². The number of benzene rings is 1. The summed E-state index contributed by atoms with van der Waals surface area (Å²) in [6.07, 6.45) is 0.509. The Balaban J connectivity index is 2.07. The third kappa shape index (κ3) is 4.02. The zero-order valence-corrected chi connectivity index (χ0v) is 12.1. The van der Waals surface area contributed by atoms with E-state index in [9.17, 15) is 24.5 Å². The van der Waals surface area contributed by atoms with E-state index in [2.05, 4.69) is 5.32 Å². The normalized spacial score (nSPS) is 17.2. The largest absolute Gasteiger partial charge is 0.460 e. The molecule has 1 fully saturated rings. The molecule has 9 heteroatoms. The molecule has 2 amide bonds. The second-order valence-electron chi connectivity index (χ2n) is 5.11. The Bertz CT molecular complexity index is 672. The third-order valence-corrected chi connectivity index (χ3v) is 3.52. The zero-order valence-electron chi connectivity index (χ0n) is 12.1. The summed E-state index contributed by atoms with van der Waals surface area (Å²) in [5.41, 5.74) is 4.87. The summed E-state index contributed by atoms with van der Waals surface area (Å²) >= 11 is 0. The van der Waals surface area contributed by atoms with Gasteiger partial charge in [-0.3, -0.25) is 24.5 Å². The number of rotatable bonds is 5. The van der Waals surface area contributed by atoms with Crippen LogP contribution in [0, 0.1) is 16.0 Å². The SMILES string of the molecule is NC(=O)c1ccc(COC(=O)C2CCNC(=O)C2)c([N+](=O)[O-])c1. The van der Waals surface area contributed by atoms with Gasteiger partial charge in [0, 0.05) is 24.6 Å². The van der Waals surface area contributed by atoms with Gasteiger partial charge in [0.25, 0.3) is 5.69 Å². The van der Waals surface area contributed by atoms with Crippen LogP contribution in [0.5, 0.6) is 0 Å². The third-order valence-electron chi connectivity index (χ3n) is 3.52. The average molecular weight is 321 g/mol. The fourth-order valence-corrected chi connectivity index (χ4v) is 2.26. The number of nitrogens with zero attached hydrogens (tertiary/aromatic N) is 1. The molecule has 1 saturated heterocycles. The lowest BCUT2D eigenvalue weighted by atomic mass is 9.98. The number of amides is 2. The average Bonchev–Trinajstić information content (AvgIpc) is 2.52. The van der Waals surface area contributed by atoms with Crippen molar-refractivity contribution in [2.75, 3.05) is 6.54 Å². The van der Waals surface area contributed by atoms with Gasteiger partial charge >= 0.3 is 5.97 Å². The number of nitrogens with one attached hydrogen (secondary N) is 1. The number of esters is 1. The number of piperidine rings is 1. The molecule has 9 nitrogen and oxygen atoms in total. The standard InChI is InChI=1S/C14H15N3O6/c15-13(19)8-1-2-10(11(5-8)17(21)22)7-23-14(20)9-3-4-16-12(18)6-9/h1-2,5,9H,3-4,6-7H2,(H2,15,19)(H,16,18). The number of ether oxygens (including phenoxy) is 1. The van der Waals surface area contributed by atoms with Crippen molar-refractivity contribution in [3.8, 4) is 0 Å². The van der Waals surface area contributed by atoms with Crippen molar-refractivity contribution in [3.63, 3.8) is 0 Å². The number of nitrogens with two attached hydrogens (primary N) is 1. The first kappa shape index (κ1) is 16.4. The Labute approximate surface area is 130 Å². The second kappa shape index (κ2) is 6.86. The molecule has 2 rings (SSSR count). The van der Waals surface area contributed by atoms with Crippen LogP contribution in [-0.2, 0) is 20.9 Å². The van der Waals surface area contributed by atoms with Gasteiger partial charge in [0.2, 0.25) is 11.8 Å². The van der Waals surface area contributed by atoms with Gasteiger partial charge in [-0.1, -0.05) is 0 Å². The molecule has 0 saturated carbocycles. The van der Waals surface area contributed by atoms with Gasteiger partial charge < -0.3 is 15.8 Å².